The summed E-state index contributed by atoms with van der Waals surface area (Å²) in [4.78, 5) is 0. The molecule has 0 spiro atoms. The Morgan fingerprint density at radius 1 is 1.27 bits per heavy atom. The van der Waals surface area contributed by atoms with Crippen LogP contribution in [-0.4, -0.2) is 13.2 Å². The Balaban J connectivity index is 2.22. The summed E-state index contributed by atoms with van der Waals surface area (Å²) in [7, 11) is 0. The van der Waals surface area contributed by atoms with Gasteiger partial charge in [0.05, 0.1) is 13.2 Å². The number of rotatable bonds is 3. The molecule has 1 aromatic rings. The molecule has 1 heterocycles. The minimum atomic E-state index is 0.252. The summed E-state index contributed by atoms with van der Waals surface area (Å²) in [5, 5.41) is 0. The average Bonchev–Trinajstić information content (AvgIpc) is 2.13. The molecule has 0 saturated carbocycles. The van der Waals surface area contributed by atoms with Crippen molar-refractivity contribution in [1.82, 2.24) is 0 Å². The van der Waals surface area contributed by atoms with E-state index in [0.717, 1.165) is 18.9 Å². The maximum absolute atomic E-state index is 5.70. The zero-order valence-electron chi connectivity index (χ0n) is 9.49. The van der Waals surface area contributed by atoms with Crippen LogP contribution in [0, 0.1) is 5.92 Å². The van der Waals surface area contributed by atoms with Gasteiger partial charge in [0.25, 0.3) is 0 Å². The normalized spacial score (nSPS) is 18.9. The van der Waals surface area contributed by atoms with Gasteiger partial charge in [-0.25, -0.2) is 0 Å². The molecule has 15 heavy (non-hydrogen) atoms. The van der Waals surface area contributed by atoms with Crippen LogP contribution < -0.4 is 5.73 Å². The maximum atomic E-state index is 5.70. The molecule has 1 fully saturated rings. The molecule has 0 radical (unpaired) electrons. The van der Waals surface area contributed by atoms with E-state index < -0.39 is 0 Å². The molecule has 0 amide bonds. The first kappa shape index (κ1) is 10.5. The van der Waals surface area contributed by atoms with Crippen molar-refractivity contribution in [2.45, 2.75) is 25.7 Å². The number of benzene rings is 1. The summed E-state index contributed by atoms with van der Waals surface area (Å²) in [5.74, 6) is 0.700. The second-order valence-electron chi connectivity index (χ2n) is 4.99. The van der Waals surface area contributed by atoms with Crippen molar-refractivity contribution < 1.29 is 4.74 Å². The lowest BCUT2D eigenvalue weighted by molar-refractivity contribution is -0.0697. The highest BCUT2D eigenvalue weighted by Gasteiger charge is 2.40. The highest BCUT2D eigenvalue weighted by Crippen LogP contribution is 2.38. The Hall–Kier alpha value is -1.02. The third kappa shape index (κ3) is 2.00. The van der Waals surface area contributed by atoms with E-state index in [9.17, 15) is 0 Å². The smallest absolute Gasteiger partial charge is 0.0585 e. The quantitative estimate of drug-likeness (QED) is 0.770. The van der Waals surface area contributed by atoms with Gasteiger partial charge in [-0.3, -0.25) is 0 Å². The molecule has 1 aromatic carbocycles. The second-order valence-corrected chi connectivity index (χ2v) is 4.99. The molecule has 1 saturated heterocycles. The van der Waals surface area contributed by atoms with Gasteiger partial charge in [-0.2, -0.15) is 0 Å². The Bertz CT molecular complexity index is 325. The highest BCUT2D eigenvalue weighted by molar-refractivity contribution is 5.42. The molecular weight excluding hydrogens is 186 g/mol. The summed E-state index contributed by atoms with van der Waals surface area (Å²) in [6.07, 6.45) is 1.19. The van der Waals surface area contributed by atoms with Crippen LogP contribution in [0.4, 0.5) is 5.69 Å². The number of hydrogen-bond acceptors (Lipinski definition) is 2. The van der Waals surface area contributed by atoms with Gasteiger partial charge >= 0.3 is 0 Å². The van der Waals surface area contributed by atoms with Gasteiger partial charge in [0.15, 0.2) is 0 Å². The molecule has 0 aromatic heterocycles. The Morgan fingerprint density at radius 3 is 2.27 bits per heavy atom. The van der Waals surface area contributed by atoms with Crippen LogP contribution in [0.25, 0.3) is 0 Å². The van der Waals surface area contributed by atoms with E-state index in [2.05, 4.69) is 26.0 Å². The van der Waals surface area contributed by atoms with E-state index in [4.69, 9.17) is 10.5 Å². The largest absolute Gasteiger partial charge is 0.399 e. The predicted molar refractivity (Wildman–Crippen MR) is 62.8 cm³/mol. The fourth-order valence-corrected chi connectivity index (χ4v) is 2.37. The van der Waals surface area contributed by atoms with E-state index in [0.29, 0.717) is 5.92 Å². The Kier molecular flexibility index (Phi) is 2.70. The summed E-state index contributed by atoms with van der Waals surface area (Å²) in [6.45, 7) is 6.24. The van der Waals surface area contributed by atoms with Crippen LogP contribution in [-0.2, 0) is 10.2 Å². The molecule has 0 atom stereocenters. The van der Waals surface area contributed by atoms with Crippen LogP contribution in [0.1, 0.15) is 25.8 Å². The highest BCUT2D eigenvalue weighted by atomic mass is 16.5. The first-order valence-corrected chi connectivity index (χ1v) is 5.56. The van der Waals surface area contributed by atoms with Crippen LogP contribution in [0.5, 0.6) is 0 Å². The first-order chi connectivity index (χ1) is 7.12. The second kappa shape index (κ2) is 3.86. The molecule has 82 valence electrons. The van der Waals surface area contributed by atoms with Gasteiger partial charge in [0, 0.05) is 11.1 Å². The van der Waals surface area contributed by atoms with E-state index >= 15 is 0 Å². The molecular formula is C13H19NO. The van der Waals surface area contributed by atoms with Gasteiger partial charge in [0.2, 0.25) is 0 Å². The van der Waals surface area contributed by atoms with Gasteiger partial charge < -0.3 is 10.5 Å². The minimum absolute atomic E-state index is 0.252. The van der Waals surface area contributed by atoms with Crippen LogP contribution in [0.3, 0.4) is 0 Å². The van der Waals surface area contributed by atoms with Crippen molar-refractivity contribution in [3.63, 3.8) is 0 Å². The lowest BCUT2D eigenvalue weighted by atomic mass is 9.73. The van der Waals surface area contributed by atoms with Crippen LogP contribution in [0.2, 0.25) is 0 Å². The molecule has 2 heteroatoms. The number of anilines is 1. The Labute approximate surface area is 91.4 Å². The minimum Gasteiger partial charge on any atom is -0.399 e. The van der Waals surface area contributed by atoms with Crippen LogP contribution in [0.15, 0.2) is 24.3 Å². The molecule has 0 aliphatic carbocycles. The zero-order valence-corrected chi connectivity index (χ0v) is 9.49. The van der Waals surface area contributed by atoms with Gasteiger partial charge in [-0.05, 0) is 30.0 Å². The monoisotopic (exact) mass is 205 g/mol. The molecule has 1 aliphatic rings. The van der Waals surface area contributed by atoms with Crippen molar-refractivity contribution in [1.29, 1.82) is 0 Å². The molecule has 0 unspecified atom stereocenters. The van der Waals surface area contributed by atoms with Crippen LogP contribution >= 0.6 is 0 Å². The first-order valence-electron chi connectivity index (χ1n) is 5.56. The zero-order chi connectivity index (χ0) is 10.9. The number of nitrogens with two attached hydrogens (primary N) is 1. The molecule has 2 rings (SSSR count). The third-order valence-electron chi connectivity index (χ3n) is 3.08. The fourth-order valence-electron chi connectivity index (χ4n) is 2.37. The Morgan fingerprint density at radius 2 is 1.87 bits per heavy atom. The van der Waals surface area contributed by atoms with E-state index in [1.54, 1.807) is 0 Å². The average molecular weight is 205 g/mol. The number of ether oxygens (including phenoxy) is 1. The summed E-state index contributed by atoms with van der Waals surface area (Å²) in [6, 6.07) is 8.24. The van der Waals surface area contributed by atoms with E-state index in [-0.39, 0.29) is 5.41 Å². The topological polar surface area (TPSA) is 35.2 Å². The van der Waals surface area contributed by atoms with E-state index in [1.807, 2.05) is 12.1 Å². The lowest BCUT2D eigenvalue weighted by Gasteiger charge is -2.43. The van der Waals surface area contributed by atoms with Gasteiger partial charge in [-0.1, -0.05) is 26.0 Å². The standard InChI is InChI=1S/C13H19NO/c1-10(2)7-13(8-15-9-13)11-3-5-12(14)6-4-11/h3-6,10H,7-9,14H2,1-2H3. The summed E-state index contributed by atoms with van der Waals surface area (Å²) >= 11 is 0. The molecule has 2 N–H and O–H groups in total. The summed E-state index contributed by atoms with van der Waals surface area (Å²) in [5.41, 5.74) is 8.16. The molecule has 1 aliphatic heterocycles. The summed E-state index contributed by atoms with van der Waals surface area (Å²) < 4.78 is 5.39. The lowest BCUT2D eigenvalue weighted by Crippen LogP contribution is -2.47. The van der Waals surface area contributed by atoms with Crippen molar-refractivity contribution >= 4 is 5.69 Å². The fraction of sp³-hybridized carbons (Fsp3) is 0.538. The SMILES string of the molecule is CC(C)CC1(c2ccc(N)cc2)COC1. The maximum Gasteiger partial charge on any atom is 0.0585 e. The number of hydrogen-bond donors (Lipinski definition) is 1. The van der Waals surface area contributed by atoms with Crippen molar-refractivity contribution in [2.75, 3.05) is 18.9 Å². The molecule has 0 bridgehead atoms. The third-order valence-corrected chi connectivity index (χ3v) is 3.08. The van der Waals surface area contributed by atoms with Crippen molar-refractivity contribution in [3.8, 4) is 0 Å². The number of nitrogen functional groups attached to an aromatic ring is 1. The predicted octanol–water partition coefficient (Wildman–Crippen LogP) is 2.58. The van der Waals surface area contributed by atoms with Crippen molar-refractivity contribution in [2.24, 2.45) is 5.92 Å². The van der Waals surface area contributed by atoms with Gasteiger partial charge in [0.1, 0.15) is 0 Å². The van der Waals surface area contributed by atoms with Gasteiger partial charge in [-0.15, -0.1) is 0 Å². The molecule has 2 nitrogen and oxygen atoms in total. The van der Waals surface area contributed by atoms with Crippen molar-refractivity contribution in [3.05, 3.63) is 29.8 Å². The van der Waals surface area contributed by atoms with E-state index in [1.165, 1.54) is 12.0 Å².